The Hall–Kier alpha value is -1.62. The highest BCUT2D eigenvalue weighted by Crippen LogP contribution is 2.19. The van der Waals surface area contributed by atoms with Crippen LogP contribution in [0.3, 0.4) is 0 Å². The molecule has 0 amide bonds. The van der Waals surface area contributed by atoms with Crippen molar-refractivity contribution in [1.29, 1.82) is 0 Å². The van der Waals surface area contributed by atoms with Crippen LogP contribution in [0.4, 0.5) is 0 Å². The molecule has 0 aliphatic rings. The molecule has 0 aromatic carbocycles. The maximum absolute atomic E-state index is 5.41. The summed E-state index contributed by atoms with van der Waals surface area (Å²) in [5.41, 5.74) is 6.44. The van der Waals surface area contributed by atoms with E-state index in [-0.39, 0.29) is 0 Å². The van der Waals surface area contributed by atoms with Crippen molar-refractivity contribution in [2.75, 3.05) is 6.54 Å². The van der Waals surface area contributed by atoms with Gasteiger partial charge in [0.05, 0.1) is 6.26 Å². The maximum atomic E-state index is 5.41. The molecule has 3 N–H and O–H groups in total. The van der Waals surface area contributed by atoms with E-state index in [2.05, 4.69) is 15.2 Å². The highest BCUT2D eigenvalue weighted by molar-refractivity contribution is 5.51. The molecule has 0 atom stereocenters. The van der Waals surface area contributed by atoms with Crippen molar-refractivity contribution >= 4 is 0 Å². The minimum Gasteiger partial charge on any atom is -0.461 e. The van der Waals surface area contributed by atoms with Crippen LogP contribution in [0.2, 0.25) is 0 Å². The first-order valence-electron chi connectivity index (χ1n) is 4.47. The Morgan fingerprint density at radius 2 is 2.43 bits per heavy atom. The number of nitrogens with one attached hydrogen (secondary N) is 1. The number of aryl methyl sites for hydroxylation is 1. The molecule has 2 heterocycles. The summed E-state index contributed by atoms with van der Waals surface area (Å²) < 4.78 is 5.27. The van der Waals surface area contributed by atoms with Crippen LogP contribution in [0.1, 0.15) is 11.4 Å². The molecule has 0 saturated heterocycles. The highest BCUT2D eigenvalue weighted by Gasteiger charge is 2.10. The molecule has 74 valence electrons. The number of nitrogens with two attached hydrogens (primary N) is 1. The second kappa shape index (κ2) is 3.63. The number of rotatable bonds is 3. The molecule has 0 radical (unpaired) electrons. The Labute approximate surface area is 81.3 Å². The van der Waals surface area contributed by atoms with Gasteiger partial charge in [0, 0.05) is 6.42 Å². The molecule has 0 spiro atoms. The van der Waals surface area contributed by atoms with Crippen molar-refractivity contribution in [3.05, 3.63) is 23.7 Å². The van der Waals surface area contributed by atoms with Gasteiger partial charge in [-0.3, -0.25) is 5.10 Å². The van der Waals surface area contributed by atoms with Gasteiger partial charge in [-0.05, 0) is 25.1 Å². The lowest BCUT2D eigenvalue weighted by atomic mass is 10.3. The van der Waals surface area contributed by atoms with Gasteiger partial charge in [-0.15, -0.1) is 0 Å². The third-order valence-electron chi connectivity index (χ3n) is 1.98. The molecule has 0 fully saturated rings. The van der Waals surface area contributed by atoms with Gasteiger partial charge in [0.2, 0.25) is 5.82 Å². The monoisotopic (exact) mass is 192 g/mol. The average molecular weight is 192 g/mol. The van der Waals surface area contributed by atoms with E-state index >= 15 is 0 Å². The molecule has 14 heavy (non-hydrogen) atoms. The van der Waals surface area contributed by atoms with Gasteiger partial charge in [-0.25, -0.2) is 4.98 Å². The quantitative estimate of drug-likeness (QED) is 0.756. The van der Waals surface area contributed by atoms with Crippen molar-refractivity contribution in [3.63, 3.8) is 0 Å². The van der Waals surface area contributed by atoms with Crippen LogP contribution < -0.4 is 5.73 Å². The highest BCUT2D eigenvalue weighted by atomic mass is 16.3. The number of nitrogens with zero attached hydrogens (tertiary/aromatic N) is 2. The minimum atomic E-state index is 0.561. The standard InChI is InChI=1S/C9H12N4O/c1-6-3-5-14-8(6)9-11-7(2-4-10)12-13-9/h3,5H,2,4,10H2,1H3,(H,11,12,13). The fourth-order valence-corrected chi connectivity index (χ4v) is 1.25. The summed E-state index contributed by atoms with van der Waals surface area (Å²) in [6, 6.07) is 1.88. The predicted molar refractivity (Wildman–Crippen MR) is 51.6 cm³/mol. The second-order valence-electron chi connectivity index (χ2n) is 3.08. The van der Waals surface area contributed by atoms with Crippen LogP contribution in [-0.4, -0.2) is 21.7 Å². The first-order chi connectivity index (χ1) is 6.81. The third kappa shape index (κ3) is 1.54. The Kier molecular flexibility index (Phi) is 2.32. The number of furan rings is 1. The lowest BCUT2D eigenvalue weighted by Crippen LogP contribution is -2.03. The number of H-pyrrole nitrogens is 1. The number of aromatic nitrogens is 3. The fourth-order valence-electron chi connectivity index (χ4n) is 1.25. The van der Waals surface area contributed by atoms with Crippen molar-refractivity contribution in [2.45, 2.75) is 13.3 Å². The summed E-state index contributed by atoms with van der Waals surface area (Å²) in [4.78, 5) is 4.26. The largest absolute Gasteiger partial charge is 0.461 e. The molecule has 2 aromatic rings. The van der Waals surface area contributed by atoms with E-state index in [0.29, 0.717) is 24.6 Å². The molecule has 0 aliphatic carbocycles. The molecule has 5 nitrogen and oxygen atoms in total. The maximum Gasteiger partial charge on any atom is 0.217 e. The summed E-state index contributed by atoms with van der Waals surface area (Å²) in [7, 11) is 0. The van der Waals surface area contributed by atoms with E-state index in [1.807, 2.05) is 13.0 Å². The Balaban J connectivity index is 2.29. The van der Waals surface area contributed by atoms with Crippen LogP contribution in [0.25, 0.3) is 11.6 Å². The van der Waals surface area contributed by atoms with Gasteiger partial charge >= 0.3 is 0 Å². The van der Waals surface area contributed by atoms with Gasteiger partial charge in [-0.1, -0.05) is 0 Å². The van der Waals surface area contributed by atoms with E-state index in [0.717, 1.165) is 11.4 Å². The van der Waals surface area contributed by atoms with Gasteiger partial charge < -0.3 is 10.2 Å². The molecule has 5 heteroatoms. The normalized spacial score (nSPS) is 10.7. The predicted octanol–water partition coefficient (Wildman–Crippen LogP) is 0.874. The summed E-state index contributed by atoms with van der Waals surface area (Å²) in [6.45, 7) is 2.52. The fraction of sp³-hybridized carbons (Fsp3) is 0.333. The molecular formula is C9H12N4O. The van der Waals surface area contributed by atoms with Gasteiger partial charge in [-0.2, -0.15) is 5.10 Å². The Bertz CT molecular complexity index is 418. The molecule has 2 aromatic heterocycles. The lowest BCUT2D eigenvalue weighted by molar-refractivity contribution is 0.576. The zero-order chi connectivity index (χ0) is 9.97. The summed E-state index contributed by atoms with van der Waals surface area (Å²) in [5.74, 6) is 2.10. The average Bonchev–Trinajstić information content (AvgIpc) is 2.74. The van der Waals surface area contributed by atoms with Crippen molar-refractivity contribution in [2.24, 2.45) is 5.73 Å². The van der Waals surface area contributed by atoms with Crippen molar-refractivity contribution < 1.29 is 4.42 Å². The Morgan fingerprint density at radius 1 is 1.57 bits per heavy atom. The number of hydrogen-bond donors (Lipinski definition) is 2. The van der Waals surface area contributed by atoms with Crippen LogP contribution in [-0.2, 0) is 6.42 Å². The SMILES string of the molecule is Cc1ccoc1-c1n[nH]c(CCN)n1. The smallest absolute Gasteiger partial charge is 0.217 e. The second-order valence-corrected chi connectivity index (χ2v) is 3.08. The first kappa shape index (κ1) is 8.96. The zero-order valence-corrected chi connectivity index (χ0v) is 7.95. The van der Waals surface area contributed by atoms with Crippen LogP contribution in [0.15, 0.2) is 16.7 Å². The first-order valence-corrected chi connectivity index (χ1v) is 4.47. The third-order valence-corrected chi connectivity index (χ3v) is 1.98. The van der Waals surface area contributed by atoms with E-state index < -0.39 is 0 Å². The van der Waals surface area contributed by atoms with Crippen LogP contribution >= 0.6 is 0 Å². The van der Waals surface area contributed by atoms with E-state index in [1.54, 1.807) is 6.26 Å². The van der Waals surface area contributed by atoms with Crippen molar-refractivity contribution in [3.8, 4) is 11.6 Å². The molecule has 2 rings (SSSR count). The van der Waals surface area contributed by atoms with Gasteiger partial charge in [0.25, 0.3) is 0 Å². The van der Waals surface area contributed by atoms with Gasteiger partial charge in [0.15, 0.2) is 5.76 Å². The summed E-state index contributed by atoms with van der Waals surface area (Å²) in [6.07, 6.45) is 2.33. The lowest BCUT2D eigenvalue weighted by Gasteiger charge is -1.89. The van der Waals surface area contributed by atoms with Crippen LogP contribution in [0.5, 0.6) is 0 Å². The molecular weight excluding hydrogens is 180 g/mol. The summed E-state index contributed by atoms with van der Waals surface area (Å²) in [5, 5.41) is 6.87. The van der Waals surface area contributed by atoms with E-state index in [4.69, 9.17) is 10.2 Å². The van der Waals surface area contributed by atoms with Crippen LogP contribution in [0, 0.1) is 6.92 Å². The zero-order valence-electron chi connectivity index (χ0n) is 7.95. The number of hydrogen-bond acceptors (Lipinski definition) is 4. The van der Waals surface area contributed by atoms with E-state index in [1.165, 1.54) is 0 Å². The van der Waals surface area contributed by atoms with E-state index in [9.17, 15) is 0 Å². The number of aromatic amines is 1. The van der Waals surface area contributed by atoms with Gasteiger partial charge in [0.1, 0.15) is 5.82 Å². The topological polar surface area (TPSA) is 80.7 Å². The molecule has 0 bridgehead atoms. The molecule has 0 unspecified atom stereocenters. The van der Waals surface area contributed by atoms with Crippen molar-refractivity contribution in [1.82, 2.24) is 15.2 Å². The molecule has 0 aliphatic heterocycles. The Morgan fingerprint density at radius 3 is 3.07 bits per heavy atom. The summed E-state index contributed by atoms with van der Waals surface area (Å²) >= 11 is 0. The minimum absolute atomic E-state index is 0.561. The molecule has 0 saturated carbocycles.